The molecule has 0 aromatic heterocycles. The molecule has 0 aliphatic rings. The fourth-order valence-corrected chi connectivity index (χ4v) is 2.66. The molecule has 0 radical (unpaired) electrons. The van der Waals surface area contributed by atoms with Crippen molar-refractivity contribution in [1.29, 1.82) is 0 Å². The van der Waals surface area contributed by atoms with Crippen molar-refractivity contribution < 1.29 is 19.4 Å². The number of benzene rings is 1. The highest BCUT2D eigenvalue weighted by Crippen LogP contribution is 2.30. The summed E-state index contributed by atoms with van der Waals surface area (Å²) in [6, 6.07) is 3.02. The van der Waals surface area contributed by atoms with Crippen molar-refractivity contribution in [3.8, 4) is 5.75 Å². The zero-order valence-electron chi connectivity index (χ0n) is 12.5. The Morgan fingerprint density at radius 1 is 1.33 bits per heavy atom. The summed E-state index contributed by atoms with van der Waals surface area (Å²) in [6.07, 6.45) is 0. The molecule has 0 aliphatic carbocycles. The van der Waals surface area contributed by atoms with Crippen LogP contribution in [0.15, 0.2) is 12.1 Å². The minimum absolute atomic E-state index is 0.0800. The number of Topliss-reactive ketones (excluding diaryl/α,β-unsaturated/α-hetero) is 1. The first kappa shape index (κ1) is 17.9. The van der Waals surface area contributed by atoms with E-state index in [9.17, 15) is 14.7 Å². The Labute approximate surface area is 133 Å². The van der Waals surface area contributed by atoms with E-state index >= 15 is 0 Å². The van der Waals surface area contributed by atoms with Crippen LogP contribution in [0.4, 0.5) is 0 Å². The fraction of sp³-hybridized carbons (Fsp3) is 0.467. The highest BCUT2D eigenvalue weighted by molar-refractivity contribution is 7.99. The molecule has 0 saturated carbocycles. The molecule has 0 fully saturated rings. The molecular formula is C15H19ClO4S. The molecule has 6 heteroatoms. The molecule has 1 N–H and O–H groups in total. The molecule has 0 unspecified atom stereocenters. The number of ether oxygens (including phenoxy) is 1. The third-order valence-electron chi connectivity index (χ3n) is 2.43. The highest BCUT2D eigenvalue weighted by atomic mass is 35.5. The Balaban J connectivity index is 2.68. The second-order valence-electron chi connectivity index (χ2n) is 5.60. The lowest BCUT2D eigenvalue weighted by molar-refractivity contribution is -0.151. The van der Waals surface area contributed by atoms with Gasteiger partial charge < -0.3 is 9.84 Å². The molecule has 116 valence electrons. The van der Waals surface area contributed by atoms with Crippen LogP contribution in [0, 0.1) is 0 Å². The number of carbonyl (C=O) groups is 2. The zero-order chi connectivity index (χ0) is 16.2. The summed E-state index contributed by atoms with van der Waals surface area (Å²) in [5.41, 5.74) is 0.203. The molecule has 1 aromatic carbocycles. The monoisotopic (exact) mass is 330 g/mol. The van der Waals surface area contributed by atoms with Crippen LogP contribution in [0.25, 0.3) is 0 Å². The molecule has 1 rings (SSSR count). The molecular weight excluding hydrogens is 312 g/mol. The van der Waals surface area contributed by atoms with Crippen LogP contribution in [0.5, 0.6) is 5.75 Å². The number of esters is 1. The lowest BCUT2D eigenvalue weighted by Gasteiger charge is -2.19. The maximum Gasteiger partial charge on any atom is 0.316 e. The van der Waals surface area contributed by atoms with Gasteiger partial charge in [0.05, 0.1) is 11.3 Å². The molecule has 0 heterocycles. The third-order valence-corrected chi connectivity index (χ3v) is 3.60. The smallest absolute Gasteiger partial charge is 0.316 e. The number of ketones is 1. The Hall–Kier alpha value is -1.20. The number of halogens is 1. The zero-order valence-corrected chi connectivity index (χ0v) is 14.1. The van der Waals surface area contributed by atoms with E-state index < -0.39 is 5.60 Å². The summed E-state index contributed by atoms with van der Waals surface area (Å²) in [7, 11) is 0. The third kappa shape index (κ3) is 5.98. The summed E-state index contributed by atoms with van der Waals surface area (Å²) in [6.45, 7) is 6.77. The van der Waals surface area contributed by atoms with Crippen LogP contribution in [0.1, 0.15) is 43.6 Å². The number of thioether (sulfide) groups is 1. The van der Waals surface area contributed by atoms with Crippen molar-refractivity contribution in [1.82, 2.24) is 0 Å². The lowest BCUT2D eigenvalue weighted by Crippen LogP contribution is -2.24. The van der Waals surface area contributed by atoms with Gasteiger partial charge in [-0.3, -0.25) is 9.59 Å². The fourth-order valence-electron chi connectivity index (χ4n) is 1.65. The molecule has 0 saturated heterocycles. The average molecular weight is 331 g/mol. The van der Waals surface area contributed by atoms with Crippen LogP contribution in [-0.2, 0) is 15.3 Å². The normalized spacial score (nSPS) is 11.3. The van der Waals surface area contributed by atoms with Crippen molar-refractivity contribution in [3.05, 3.63) is 28.3 Å². The molecule has 0 amide bonds. The van der Waals surface area contributed by atoms with Gasteiger partial charge >= 0.3 is 5.97 Å². The molecule has 0 spiro atoms. The van der Waals surface area contributed by atoms with Crippen LogP contribution in [0.2, 0.25) is 5.02 Å². The standard InChI is InChI=1S/C15H19ClO4S/c1-9(17)12-6-11(16)5-10(14(12)19)7-21-8-13(18)20-15(2,3)4/h5-6,19H,7-8H2,1-4H3. The predicted octanol–water partition coefficient (Wildman–Crippen LogP) is 3.82. The highest BCUT2D eigenvalue weighted by Gasteiger charge is 2.17. The van der Waals surface area contributed by atoms with Crippen molar-refractivity contribution in [2.75, 3.05) is 5.75 Å². The van der Waals surface area contributed by atoms with Gasteiger partial charge in [0, 0.05) is 16.3 Å². The average Bonchev–Trinajstić information content (AvgIpc) is 2.30. The van der Waals surface area contributed by atoms with E-state index in [1.165, 1.54) is 24.8 Å². The van der Waals surface area contributed by atoms with E-state index in [2.05, 4.69) is 0 Å². The second-order valence-corrected chi connectivity index (χ2v) is 7.02. The maximum atomic E-state index is 11.6. The van der Waals surface area contributed by atoms with Gasteiger partial charge in [-0.05, 0) is 39.8 Å². The number of aromatic hydroxyl groups is 1. The van der Waals surface area contributed by atoms with Gasteiger partial charge in [0.25, 0.3) is 0 Å². The summed E-state index contributed by atoms with van der Waals surface area (Å²) in [4.78, 5) is 23.0. The Morgan fingerprint density at radius 2 is 1.95 bits per heavy atom. The van der Waals surface area contributed by atoms with Crippen LogP contribution >= 0.6 is 23.4 Å². The Morgan fingerprint density at radius 3 is 2.48 bits per heavy atom. The first-order chi connectivity index (χ1) is 9.60. The van der Waals surface area contributed by atoms with E-state index in [0.29, 0.717) is 16.3 Å². The van der Waals surface area contributed by atoms with E-state index in [1.54, 1.807) is 26.8 Å². The van der Waals surface area contributed by atoms with E-state index in [0.717, 1.165) is 0 Å². The number of phenols is 1. The minimum atomic E-state index is -0.516. The van der Waals surface area contributed by atoms with Crippen molar-refractivity contribution in [2.45, 2.75) is 39.0 Å². The van der Waals surface area contributed by atoms with Crippen LogP contribution < -0.4 is 0 Å². The molecule has 4 nitrogen and oxygen atoms in total. The second kappa shape index (κ2) is 7.18. The predicted molar refractivity (Wildman–Crippen MR) is 85.1 cm³/mol. The van der Waals surface area contributed by atoms with E-state index in [-0.39, 0.29) is 28.8 Å². The summed E-state index contributed by atoms with van der Waals surface area (Å²) >= 11 is 7.22. The van der Waals surface area contributed by atoms with Gasteiger partial charge in [0.2, 0.25) is 0 Å². The largest absolute Gasteiger partial charge is 0.507 e. The summed E-state index contributed by atoms with van der Waals surface area (Å²) < 4.78 is 5.19. The van der Waals surface area contributed by atoms with E-state index in [4.69, 9.17) is 16.3 Å². The first-order valence-corrected chi connectivity index (χ1v) is 7.95. The molecule has 21 heavy (non-hydrogen) atoms. The quantitative estimate of drug-likeness (QED) is 0.656. The van der Waals surface area contributed by atoms with Gasteiger partial charge in [-0.2, -0.15) is 0 Å². The van der Waals surface area contributed by atoms with Crippen molar-refractivity contribution in [2.24, 2.45) is 0 Å². The van der Waals surface area contributed by atoms with Crippen molar-refractivity contribution in [3.63, 3.8) is 0 Å². The van der Waals surface area contributed by atoms with Crippen LogP contribution in [-0.4, -0.2) is 28.2 Å². The number of carbonyl (C=O) groups excluding carboxylic acids is 2. The molecule has 0 aliphatic heterocycles. The molecule has 1 aromatic rings. The molecule has 0 atom stereocenters. The number of hydrogen-bond acceptors (Lipinski definition) is 5. The van der Waals surface area contributed by atoms with Gasteiger partial charge in [-0.1, -0.05) is 11.6 Å². The van der Waals surface area contributed by atoms with Gasteiger partial charge in [-0.15, -0.1) is 11.8 Å². The topological polar surface area (TPSA) is 63.6 Å². The van der Waals surface area contributed by atoms with Crippen LogP contribution in [0.3, 0.4) is 0 Å². The number of phenolic OH excluding ortho intramolecular Hbond substituents is 1. The SMILES string of the molecule is CC(=O)c1cc(Cl)cc(CSCC(=O)OC(C)(C)C)c1O. The summed E-state index contributed by atoms with van der Waals surface area (Å²) in [5.74, 6) is -0.123. The lowest BCUT2D eigenvalue weighted by atomic mass is 10.1. The van der Waals surface area contributed by atoms with Gasteiger partial charge in [0.1, 0.15) is 11.4 Å². The Bertz CT molecular complexity index is 549. The summed E-state index contributed by atoms with van der Waals surface area (Å²) in [5, 5.41) is 10.4. The number of rotatable bonds is 5. The maximum absolute atomic E-state index is 11.6. The Kier molecular flexibility index (Phi) is 6.10. The molecule has 0 bridgehead atoms. The van der Waals surface area contributed by atoms with Gasteiger partial charge in [0.15, 0.2) is 5.78 Å². The van der Waals surface area contributed by atoms with Gasteiger partial charge in [-0.25, -0.2) is 0 Å². The minimum Gasteiger partial charge on any atom is -0.507 e. The van der Waals surface area contributed by atoms with E-state index in [1.807, 2.05) is 0 Å². The number of hydrogen-bond donors (Lipinski definition) is 1. The van der Waals surface area contributed by atoms with Crippen molar-refractivity contribution >= 4 is 35.1 Å². The first-order valence-electron chi connectivity index (χ1n) is 6.42.